The van der Waals surface area contributed by atoms with E-state index in [2.05, 4.69) is 0 Å². The van der Waals surface area contributed by atoms with Crippen molar-refractivity contribution in [3.63, 3.8) is 0 Å². The van der Waals surface area contributed by atoms with Crippen LogP contribution in [0.1, 0.15) is 5.56 Å². The minimum Gasteiger partial charge on any atom is -0.390 e. The lowest BCUT2D eigenvalue weighted by Gasteiger charge is -2.11. The lowest BCUT2D eigenvalue weighted by atomic mass is 10.2. The Kier molecular flexibility index (Phi) is 5.95. The van der Waals surface area contributed by atoms with Crippen molar-refractivity contribution < 1.29 is 9.84 Å². The second-order valence-electron chi connectivity index (χ2n) is 4.28. The van der Waals surface area contributed by atoms with Crippen LogP contribution in [0.25, 0.3) is 0 Å². The number of ether oxygens (including phenoxy) is 1. The van der Waals surface area contributed by atoms with E-state index in [1.54, 1.807) is 11.8 Å². The Labute approximate surface area is 118 Å². The predicted molar refractivity (Wildman–Crippen MR) is 79.3 cm³/mol. The Balaban J connectivity index is 1.64. The molecule has 0 spiro atoms. The fourth-order valence-electron chi connectivity index (χ4n) is 1.64. The van der Waals surface area contributed by atoms with E-state index in [-0.39, 0.29) is 0 Å². The SMILES string of the molecule is O[C@@H](COCc1ccccc1)CSc1ccccc1. The van der Waals surface area contributed by atoms with Gasteiger partial charge in [-0.25, -0.2) is 0 Å². The fraction of sp³-hybridized carbons (Fsp3) is 0.250. The van der Waals surface area contributed by atoms with Crippen molar-refractivity contribution in [2.45, 2.75) is 17.6 Å². The lowest BCUT2D eigenvalue weighted by Crippen LogP contribution is -2.17. The molecule has 0 bridgehead atoms. The van der Waals surface area contributed by atoms with Crippen LogP contribution in [0.3, 0.4) is 0 Å². The van der Waals surface area contributed by atoms with Crippen LogP contribution in [0.15, 0.2) is 65.6 Å². The molecule has 2 aromatic carbocycles. The zero-order valence-electron chi connectivity index (χ0n) is 10.7. The molecule has 2 rings (SSSR count). The van der Waals surface area contributed by atoms with Crippen molar-refractivity contribution in [2.24, 2.45) is 0 Å². The molecule has 0 amide bonds. The van der Waals surface area contributed by atoms with Crippen LogP contribution in [0.5, 0.6) is 0 Å². The van der Waals surface area contributed by atoms with E-state index in [9.17, 15) is 5.11 Å². The highest BCUT2D eigenvalue weighted by Gasteiger charge is 2.05. The Morgan fingerprint density at radius 1 is 0.947 bits per heavy atom. The summed E-state index contributed by atoms with van der Waals surface area (Å²) < 4.78 is 5.51. The van der Waals surface area contributed by atoms with E-state index >= 15 is 0 Å². The van der Waals surface area contributed by atoms with Crippen molar-refractivity contribution in [1.82, 2.24) is 0 Å². The first-order valence-electron chi connectivity index (χ1n) is 6.32. The molecule has 0 radical (unpaired) electrons. The van der Waals surface area contributed by atoms with Gasteiger partial charge < -0.3 is 9.84 Å². The lowest BCUT2D eigenvalue weighted by molar-refractivity contribution is 0.0398. The van der Waals surface area contributed by atoms with Crippen LogP contribution in [0.4, 0.5) is 0 Å². The third-order valence-corrected chi connectivity index (χ3v) is 3.76. The minimum atomic E-state index is -0.436. The third kappa shape index (κ3) is 5.47. The molecular weight excluding hydrogens is 256 g/mol. The molecule has 2 aromatic rings. The zero-order valence-corrected chi connectivity index (χ0v) is 11.6. The summed E-state index contributed by atoms with van der Waals surface area (Å²) in [5, 5.41) is 9.84. The van der Waals surface area contributed by atoms with Gasteiger partial charge in [0.25, 0.3) is 0 Å². The molecule has 0 heterocycles. The fourth-order valence-corrected chi connectivity index (χ4v) is 2.47. The Morgan fingerprint density at radius 3 is 2.26 bits per heavy atom. The maximum absolute atomic E-state index is 9.84. The Bertz CT molecular complexity index is 459. The zero-order chi connectivity index (χ0) is 13.3. The van der Waals surface area contributed by atoms with Crippen molar-refractivity contribution in [1.29, 1.82) is 0 Å². The standard InChI is InChI=1S/C16H18O2S/c17-15(13-19-16-9-5-2-6-10-16)12-18-11-14-7-3-1-4-8-14/h1-10,15,17H,11-13H2/t15-/m0/s1. The molecule has 2 nitrogen and oxygen atoms in total. The summed E-state index contributed by atoms with van der Waals surface area (Å²) in [4.78, 5) is 1.17. The summed E-state index contributed by atoms with van der Waals surface area (Å²) in [5.74, 6) is 0.652. The summed E-state index contributed by atoms with van der Waals surface area (Å²) in [7, 11) is 0. The van der Waals surface area contributed by atoms with Crippen LogP contribution in [-0.2, 0) is 11.3 Å². The average Bonchev–Trinajstić information content (AvgIpc) is 2.47. The van der Waals surface area contributed by atoms with Gasteiger partial charge in [0.15, 0.2) is 0 Å². The third-order valence-electron chi connectivity index (χ3n) is 2.61. The molecule has 0 fully saturated rings. The van der Waals surface area contributed by atoms with Gasteiger partial charge in [-0.3, -0.25) is 0 Å². The molecule has 0 aliphatic carbocycles. The second kappa shape index (κ2) is 8.00. The summed E-state index contributed by atoms with van der Waals surface area (Å²) in [5.41, 5.74) is 1.13. The van der Waals surface area contributed by atoms with Crippen molar-refractivity contribution in [2.75, 3.05) is 12.4 Å². The maximum atomic E-state index is 9.84. The molecule has 0 saturated carbocycles. The predicted octanol–water partition coefficient (Wildman–Crippen LogP) is 3.36. The minimum absolute atomic E-state index is 0.370. The van der Waals surface area contributed by atoms with Crippen LogP contribution in [-0.4, -0.2) is 23.6 Å². The topological polar surface area (TPSA) is 29.5 Å². The highest BCUT2D eigenvalue weighted by atomic mass is 32.2. The highest BCUT2D eigenvalue weighted by molar-refractivity contribution is 7.99. The van der Waals surface area contributed by atoms with E-state index in [4.69, 9.17) is 4.74 Å². The van der Waals surface area contributed by atoms with Crippen LogP contribution >= 0.6 is 11.8 Å². The number of benzene rings is 2. The summed E-state index contributed by atoms with van der Waals surface area (Å²) in [6, 6.07) is 20.1. The van der Waals surface area contributed by atoms with Crippen molar-refractivity contribution in [3.05, 3.63) is 66.2 Å². The molecule has 100 valence electrons. The van der Waals surface area contributed by atoms with Crippen LogP contribution in [0, 0.1) is 0 Å². The number of aliphatic hydroxyl groups is 1. The van der Waals surface area contributed by atoms with Gasteiger partial charge >= 0.3 is 0 Å². The molecule has 0 aliphatic heterocycles. The number of aliphatic hydroxyl groups excluding tert-OH is 1. The highest BCUT2D eigenvalue weighted by Crippen LogP contribution is 2.18. The molecule has 3 heteroatoms. The van der Waals surface area contributed by atoms with E-state index in [0.29, 0.717) is 19.0 Å². The molecule has 1 atom stereocenters. The number of hydrogen-bond acceptors (Lipinski definition) is 3. The van der Waals surface area contributed by atoms with Gasteiger partial charge in [0.2, 0.25) is 0 Å². The van der Waals surface area contributed by atoms with E-state index in [1.165, 1.54) is 4.90 Å². The number of rotatable bonds is 7. The average molecular weight is 274 g/mol. The first-order chi connectivity index (χ1) is 9.34. The molecule has 1 N–H and O–H groups in total. The van der Waals surface area contributed by atoms with Crippen molar-refractivity contribution >= 4 is 11.8 Å². The maximum Gasteiger partial charge on any atom is 0.0867 e. The number of thioether (sulfide) groups is 1. The van der Waals surface area contributed by atoms with Gasteiger partial charge in [0.1, 0.15) is 0 Å². The molecule has 0 saturated heterocycles. The first-order valence-corrected chi connectivity index (χ1v) is 7.31. The summed E-state index contributed by atoms with van der Waals surface area (Å²) >= 11 is 1.64. The molecular formula is C16H18O2S. The normalized spacial score (nSPS) is 12.3. The number of hydrogen-bond donors (Lipinski definition) is 1. The Morgan fingerprint density at radius 2 is 1.58 bits per heavy atom. The van der Waals surface area contributed by atoms with Crippen LogP contribution in [0.2, 0.25) is 0 Å². The summed E-state index contributed by atoms with van der Waals surface area (Å²) in [6.45, 7) is 0.919. The van der Waals surface area contributed by atoms with Gasteiger partial charge in [0.05, 0.1) is 19.3 Å². The van der Waals surface area contributed by atoms with Gasteiger partial charge in [0, 0.05) is 10.6 Å². The summed E-state index contributed by atoms with van der Waals surface area (Å²) in [6.07, 6.45) is -0.436. The van der Waals surface area contributed by atoms with Gasteiger partial charge in [-0.15, -0.1) is 11.8 Å². The Hall–Kier alpha value is -1.29. The molecule has 19 heavy (non-hydrogen) atoms. The van der Waals surface area contributed by atoms with Gasteiger partial charge in [-0.05, 0) is 17.7 Å². The van der Waals surface area contributed by atoms with E-state index in [0.717, 1.165) is 5.56 Å². The van der Waals surface area contributed by atoms with Gasteiger partial charge in [-0.2, -0.15) is 0 Å². The second-order valence-corrected chi connectivity index (χ2v) is 5.37. The van der Waals surface area contributed by atoms with E-state index in [1.807, 2.05) is 60.7 Å². The molecule has 0 aliphatic rings. The van der Waals surface area contributed by atoms with E-state index < -0.39 is 6.10 Å². The van der Waals surface area contributed by atoms with Gasteiger partial charge in [-0.1, -0.05) is 48.5 Å². The first kappa shape index (κ1) is 14.1. The quantitative estimate of drug-likeness (QED) is 0.785. The smallest absolute Gasteiger partial charge is 0.0867 e. The monoisotopic (exact) mass is 274 g/mol. The molecule has 0 unspecified atom stereocenters. The molecule has 0 aromatic heterocycles. The largest absolute Gasteiger partial charge is 0.390 e. The van der Waals surface area contributed by atoms with Crippen LogP contribution < -0.4 is 0 Å². The van der Waals surface area contributed by atoms with Crippen molar-refractivity contribution in [3.8, 4) is 0 Å².